The number of aromatic nitrogens is 3. The Morgan fingerprint density at radius 1 is 1.20 bits per heavy atom. The van der Waals surface area contributed by atoms with Crippen molar-refractivity contribution in [3.63, 3.8) is 0 Å². The van der Waals surface area contributed by atoms with Gasteiger partial charge < -0.3 is 10.7 Å². The predicted molar refractivity (Wildman–Crippen MR) is 80.3 cm³/mol. The van der Waals surface area contributed by atoms with E-state index in [-0.39, 0.29) is 0 Å². The smallest absolute Gasteiger partial charge is 0.148 e. The van der Waals surface area contributed by atoms with Gasteiger partial charge in [-0.1, -0.05) is 6.92 Å². The maximum absolute atomic E-state index is 5.50. The van der Waals surface area contributed by atoms with Crippen LogP contribution >= 0.6 is 0 Å². The largest absolute Gasteiger partial charge is 0.366 e. The number of nitrogen functional groups attached to an aromatic ring is 1. The standard InChI is InChI=1S/C14H20N6/c1-4-12-18-13(10(3)14(19-12)20-15)17-8-11-7-16-6-5-9(11)2/h5-7H,4,8,15H2,1-3H3,(H2,17,18,19,20). The fourth-order valence-electron chi connectivity index (χ4n) is 1.89. The van der Waals surface area contributed by atoms with Crippen LogP contribution in [0.15, 0.2) is 18.5 Å². The zero-order chi connectivity index (χ0) is 14.5. The van der Waals surface area contributed by atoms with Gasteiger partial charge in [-0.25, -0.2) is 15.8 Å². The van der Waals surface area contributed by atoms with Gasteiger partial charge in [0.1, 0.15) is 17.5 Å². The maximum Gasteiger partial charge on any atom is 0.148 e. The van der Waals surface area contributed by atoms with Crippen molar-refractivity contribution in [1.29, 1.82) is 0 Å². The Kier molecular flexibility index (Phi) is 4.47. The van der Waals surface area contributed by atoms with Crippen molar-refractivity contribution in [1.82, 2.24) is 15.0 Å². The molecule has 2 aromatic heterocycles. The molecule has 0 unspecified atom stereocenters. The second-order valence-electron chi connectivity index (χ2n) is 4.62. The minimum atomic E-state index is 0.655. The van der Waals surface area contributed by atoms with Crippen LogP contribution in [0.25, 0.3) is 0 Å². The summed E-state index contributed by atoms with van der Waals surface area (Å²) < 4.78 is 0. The molecule has 0 aliphatic rings. The van der Waals surface area contributed by atoms with E-state index in [9.17, 15) is 0 Å². The molecule has 0 saturated heterocycles. The molecule has 0 bridgehead atoms. The first-order valence-corrected chi connectivity index (χ1v) is 6.63. The molecule has 20 heavy (non-hydrogen) atoms. The number of nitrogens with two attached hydrogens (primary N) is 1. The quantitative estimate of drug-likeness (QED) is 0.569. The highest BCUT2D eigenvalue weighted by atomic mass is 15.3. The van der Waals surface area contributed by atoms with Crippen LogP contribution in [0.2, 0.25) is 0 Å². The van der Waals surface area contributed by atoms with Crippen LogP contribution < -0.4 is 16.6 Å². The number of hydrazine groups is 1. The Hall–Kier alpha value is -2.21. The normalized spacial score (nSPS) is 10.4. The fraction of sp³-hybridized carbons (Fsp3) is 0.357. The van der Waals surface area contributed by atoms with Crippen LogP contribution in [0.1, 0.15) is 29.4 Å². The van der Waals surface area contributed by atoms with E-state index < -0.39 is 0 Å². The fourth-order valence-corrected chi connectivity index (χ4v) is 1.89. The van der Waals surface area contributed by atoms with Gasteiger partial charge in [-0.3, -0.25) is 4.98 Å². The summed E-state index contributed by atoms with van der Waals surface area (Å²) in [5.41, 5.74) is 5.87. The van der Waals surface area contributed by atoms with E-state index in [1.54, 1.807) is 6.20 Å². The van der Waals surface area contributed by atoms with E-state index in [1.165, 1.54) is 5.56 Å². The molecule has 0 fully saturated rings. The molecule has 0 saturated carbocycles. The van der Waals surface area contributed by atoms with Crippen LogP contribution in [0, 0.1) is 13.8 Å². The Bertz CT molecular complexity index is 596. The van der Waals surface area contributed by atoms with Crippen LogP contribution in [0.4, 0.5) is 11.6 Å². The highest BCUT2D eigenvalue weighted by Crippen LogP contribution is 2.20. The van der Waals surface area contributed by atoms with Crippen molar-refractivity contribution in [2.45, 2.75) is 33.7 Å². The zero-order valence-corrected chi connectivity index (χ0v) is 12.1. The van der Waals surface area contributed by atoms with Crippen molar-refractivity contribution in [2.24, 2.45) is 5.84 Å². The molecule has 0 aromatic carbocycles. The number of pyridine rings is 1. The van der Waals surface area contributed by atoms with Gasteiger partial charge in [0.2, 0.25) is 0 Å². The van der Waals surface area contributed by atoms with Gasteiger partial charge in [0.05, 0.1) is 0 Å². The van der Waals surface area contributed by atoms with Crippen LogP contribution in [-0.4, -0.2) is 15.0 Å². The molecule has 0 amide bonds. The second-order valence-corrected chi connectivity index (χ2v) is 4.62. The van der Waals surface area contributed by atoms with Gasteiger partial charge in [-0.05, 0) is 31.0 Å². The Morgan fingerprint density at radius 2 is 1.95 bits per heavy atom. The molecule has 0 spiro atoms. The highest BCUT2D eigenvalue weighted by Gasteiger charge is 2.09. The molecule has 0 aliphatic carbocycles. The molecule has 0 radical (unpaired) electrons. The predicted octanol–water partition coefficient (Wildman–Crippen LogP) is 1.95. The van der Waals surface area contributed by atoms with Gasteiger partial charge in [-0.2, -0.15) is 0 Å². The van der Waals surface area contributed by atoms with Crippen LogP contribution in [0.5, 0.6) is 0 Å². The van der Waals surface area contributed by atoms with Crippen molar-refractivity contribution in [3.05, 3.63) is 41.0 Å². The first-order valence-electron chi connectivity index (χ1n) is 6.63. The summed E-state index contributed by atoms with van der Waals surface area (Å²) in [6.07, 6.45) is 4.41. The summed E-state index contributed by atoms with van der Waals surface area (Å²) in [7, 11) is 0. The number of hydrogen-bond donors (Lipinski definition) is 3. The molecule has 6 nitrogen and oxygen atoms in total. The summed E-state index contributed by atoms with van der Waals surface area (Å²) in [5.74, 6) is 7.71. The third-order valence-electron chi connectivity index (χ3n) is 3.24. The van der Waals surface area contributed by atoms with Crippen molar-refractivity contribution in [3.8, 4) is 0 Å². The Balaban J connectivity index is 2.23. The summed E-state index contributed by atoms with van der Waals surface area (Å²) in [6.45, 7) is 6.69. The number of aryl methyl sites for hydroxylation is 2. The van der Waals surface area contributed by atoms with Crippen LogP contribution in [0.3, 0.4) is 0 Å². The molecular formula is C14H20N6. The van der Waals surface area contributed by atoms with E-state index in [0.29, 0.717) is 12.4 Å². The lowest BCUT2D eigenvalue weighted by atomic mass is 10.1. The highest BCUT2D eigenvalue weighted by molar-refractivity contribution is 5.56. The average Bonchev–Trinajstić information content (AvgIpc) is 2.47. The van der Waals surface area contributed by atoms with Gasteiger partial charge in [-0.15, -0.1) is 0 Å². The Labute approximate surface area is 118 Å². The molecule has 0 atom stereocenters. The third kappa shape index (κ3) is 3.03. The number of nitrogens with one attached hydrogen (secondary N) is 2. The molecule has 4 N–H and O–H groups in total. The second kappa shape index (κ2) is 6.29. The van der Waals surface area contributed by atoms with Crippen molar-refractivity contribution >= 4 is 11.6 Å². The van der Waals surface area contributed by atoms with Gasteiger partial charge in [0.15, 0.2) is 0 Å². The van der Waals surface area contributed by atoms with Crippen molar-refractivity contribution < 1.29 is 0 Å². The van der Waals surface area contributed by atoms with E-state index in [2.05, 4.69) is 32.6 Å². The van der Waals surface area contributed by atoms with Gasteiger partial charge in [0.25, 0.3) is 0 Å². The first-order chi connectivity index (χ1) is 9.65. The van der Waals surface area contributed by atoms with Gasteiger partial charge >= 0.3 is 0 Å². The molecule has 106 valence electrons. The molecule has 2 heterocycles. The number of anilines is 2. The lowest BCUT2D eigenvalue weighted by Crippen LogP contribution is -2.15. The lowest BCUT2D eigenvalue weighted by Gasteiger charge is -2.13. The summed E-state index contributed by atoms with van der Waals surface area (Å²) >= 11 is 0. The average molecular weight is 272 g/mol. The van der Waals surface area contributed by atoms with E-state index in [0.717, 1.165) is 29.2 Å². The van der Waals surface area contributed by atoms with E-state index >= 15 is 0 Å². The summed E-state index contributed by atoms with van der Waals surface area (Å²) in [4.78, 5) is 13.0. The topological polar surface area (TPSA) is 88.8 Å². The monoisotopic (exact) mass is 272 g/mol. The maximum atomic E-state index is 5.50. The SMILES string of the molecule is CCc1nc(NN)c(C)c(NCc2cnccc2C)n1. The minimum Gasteiger partial charge on any atom is -0.366 e. The van der Waals surface area contributed by atoms with Crippen molar-refractivity contribution in [2.75, 3.05) is 10.7 Å². The Morgan fingerprint density at radius 3 is 2.60 bits per heavy atom. The first kappa shape index (κ1) is 14.2. The molecule has 2 rings (SSSR count). The van der Waals surface area contributed by atoms with Crippen LogP contribution in [-0.2, 0) is 13.0 Å². The lowest BCUT2D eigenvalue weighted by molar-refractivity contribution is 0.919. The zero-order valence-electron chi connectivity index (χ0n) is 12.1. The molecule has 2 aromatic rings. The van der Waals surface area contributed by atoms with Gasteiger partial charge in [0, 0.05) is 30.9 Å². The van der Waals surface area contributed by atoms with E-state index in [1.807, 2.05) is 26.1 Å². The molecular weight excluding hydrogens is 252 g/mol. The number of hydrogen-bond acceptors (Lipinski definition) is 6. The summed E-state index contributed by atoms with van der Waals surface area (Å²) in [6, 6.07) is 1.99. The third-order valence-corrected chi connectivity index (χ3v) is 3.24. The molecule has 0 aliphatic heterocycles. The molecule has 6 heteroatoms. The summed E-state index contributed by atoms with van der Waals surface area (Å²) in [5, 5.41) is 3.33. The number of nitrogens with zero attached hydrogens (tertiary/aromatic N) is 3. The number of rotatable bonds is 5. The van der Waals surface area contributed by atoms with E-state index in [4.69, 9.17) is 5.84 Å². The minimum absolute atomic E-state index is 0.655.